The number of amides is 1. The number of carbonyl (C=O) groups is 1. The van der Waals surface area contributed by atoms with Crippen molar-refractivity contribution in [3.05, 3.63) is 93.5 Å². The molecule has 0 radical (unpaired) electrons. The van der Waals surface area contributed by atoms with Crippen LogP contribution in [0.15, 0.2) is 71.6 Å². The molecule has 31 heavy (non-hydrogen) atoms. The van der Waals surface area contributed by atoms with Gasteiger partial charge in [-0.05, 0) is 73.0 Å². The minimum absolute atomic E-state index is 0.0500. The summed E-state index contributed by atoms with van der Waals surface area (Å²) in [5.74, 6) is -0.448. The average Bonchev–Trinajstić information content (AvgIpc) is 2.74. The van der Waals surface area contributed by atoms with Gasteiger partial charge in [0.1, 0.15) is 6.54 Å². The van der Waals surface area contributed by atoms with Gasteiger partial charge in [-0.3, -0.25) is 9.10 Å². The van der Waals surface area contributed by atoms with E-state index in [9.17, 15) is 13.2 Å². The molecule has 0 saturated heterocycles. The number of sulfonamides is 1. The van der Waals surface area contributed by atoms with Crippen LogP contribution in [0.2, 0.25) is 10.0 Å². The summed E-state index contributed by atoms with van der Waals surface area (Å²) in [6.45, 7) is 3.65. The Bertz CT molecular complexity index is 1200. The van der Waals surface area contributed by atoms with Crippen LogP contribution in [0.5, 0.6) is 0 Å². The van der Waals surface area contributed by atoms with Crippen LogP contribution in [0.1, 0.15) is 16.7 Å². The van der Waals surface area contributed by atoms with Crippen LogP contribution in [0.4, 0.5) is 5.69 Å². The molecule has 0 aliphatic rings. The average molecular weight is 477 g/mol. The molecule has 0 heterocycles. The van der Waals surface area contributed by atoms with Crippen LogP contribution in [0, 0.1) is 13.8 Å². The van der Waals surface area contributed by atoms with E-state index in [2.05, 4.69) is 5.32 Å². The van der Waals surface area contributed by atoms with E-state index in [1.54, 1.807) is 30.3 Å². The Kier molecular flexibility index (Phi) is 7.26. The smallest absolute Gasteiger partial charge is 0.264 e. The van der Waals surface area contributed by atoms with Crippen molar-refractivity contribution in [2.45, 2.75) is 25.3 Å². The maximum Gasteiger partial charge on any atom is 0.264 e. The van der Waals surface area contributed by atoms with Gasteiger partial charge < -0.3 is 5.32 Å². The third kappa shape index (κ3) is 5.58. The van der Waals surface area contributed by atoms with E-state index in [0.29, 0.717) is 15.7 Å². The van der Waals surface area contributed by atoms with Gasteiger partial charge in [0.05, 0.1) is 10.6 Å². The number of hydrogen-bond donors (Lipinski definition) is 1. The van der Waals surface area contributed by atoms with Crippen molar-refractivity contribution < 1.29 is 13.2 Å². The van der Waals surface area contributed by atoms with Crippen LogP contribution in [0.25, 0.3) is 0 Å². The van der Waals surface area contributed by atoms with E-state index in [1.165, 1.54) is 24.3 Å². The molecule has 1 amide bonds. The molecular formula is C23H22Cl2N2O3S. The molecule has 1 N–H and O–H groups in total. The first kappa shape index (κ1) is 23.1. The zero-order valence-corrected chi connectivity index (χ0v) is 19.4. The number of rotatable bonds is 7. The first-order chi connectivity index (χ1) is 14.7. The van der Waals surface area contributed by atoms with Crippen molar-refractivity contribution in [3.63, 3.8) is 0 Å². The van der Waals surface area contributed by atoms with Crippen LogP contribution in [-0.4, -0.2) is 20.9 Å². The molecule has 0 aliphatic heterocycles. The molecule has 5 nitrogen and oxygen atoms in total. The monoisotopic (exact) mass is 476 g/mol. The summed E-state index contributed by atoms with van der Waals surface area (Å²) in [4.78, 5) is 12.8. The highest BCUT2D eigenvalue weighted by Gasteiger charge is 2.27. The lowest BCUT2D eigenvalue weighted by molar-refractivity contribution is -0.119. The number of aryl methyl sites for hydroxylation is 2. The number of halogens is 2. The van der Waals surface area contributed by atoms with Gasteiger partial charge in [0, 0.05) is 16.6 Å². The van der Waals surface area contributed by atoms with E-state index < -0.39 is 15.9 Å². The molecule has 0 unspecified atom stereocenters. The van der Waals surface area contributed by atoms with E-state index in [-0.39, 0.29) is 18.0 Å². The van der Waals surface area contributed by atoms with E-state index in [0.717, 1.165) is 21.0 Å². The molecule has 0 spiro atoms. The number of carbonyl (C=O) groups excluding carboxylic acids is 1. The quantitative estimate of drug-likeness (QED) is 0.514. The standard InChI is InChI=1S/C23H22Cl2N2O3S/c1-16-7-10-20(13-17(16)2)27(31(29,30)21-11-8-19(24)9-12-21)15-23(28)26-14-18-5-3-4-6-22(18)25/h3-13H,14-15H2,1-2H3,(H,26,28). The number of hydrogen-bond acceptors (Lipinski definition) is 3. The summed E-state index contributed by atoms with van der Waals surface area (Å²) in [7, 11) is -4.00. The highest BCUT2D eigenvalue weighted by molar-refractivity contribution is 7.92. The van der Waals surface area contributed by atoms with Gasteiger partial charge in [-0.1, -0.05) is 47.5 Å². The first-order valence-corrected chi connectivity index (χ1v) is 11.7. The molecule has 0 bridgehead atoms. The van der Waals surface area contributed by atoms with Gasteiger partial charge in [-0.2, -0.15) is 0 Å². The second kappa shape index (κ2) is 9.73. The Morgan fingerprint density at radius 1 is 0.935 bits per heavy atom. The molecular weight excluding hydrogens is 455 g/mol. The first-order valence-electron chi connectivity index (χ1n) is 9.54. The summed E-state index contributed by atoms with van der Waals surface area (Å²) >= 11 is 12.0. The predicted octanol–water partition coefficient (Wildman–Crippen LogP) is 5.12. The molecule has 0 atom stereocenters. The minimum atomic E-state index is -4.00. The number of nitrogens with zero attached hydrogens (tertiary/aromatic N) is 1. The fraction of sp³-hybridized carbons (Fsp3) is 0.174. The number of anilines is 1. The highest BCUT2D eigenvalue weighted by atomic mass is 35.5. The molecule has 0 aromatic heterocycles. The lowest BCUT2D eigenvalue weighted by Crippen LogP contribution is -2.40. The molecule has 0 fully saturated rings. The van der Waals surface area contributed by atoms with Crippen molar-refractivity contribution in [2.24, 2.45) is 0 Å². The predicted molar refractivity (Wildman–Crippen MR) is 125 cm³/mol. The van der Waals surface area contributed by atoms with E-state index in [1.807, 2.05) is 26.0 Å². The fourth-order valence-electron chi connectivity index (χ4n) is 2.95. The second-order valence-electron chi connectivity index (χ2n) is 7.10. The Morgan fingerprint density at radius 2 is 1.61 bits per heavy atom. The van der Waals surface area contributed by atoms with Gasteiger partial charge in [0.2, 0.25) is 5.91 Å². The second-order valence-corrected chi connectivity index (χ2v) is 9.81. The molecule has 3 rings (SSSR count). The Balaban J connectivity index is 1.90. The lowest BCUT2D eigenvalue weighted by atomic mass is 10.1. The summed E-state index contributed by atoms with van der Waals surface area (Å²) < 4.78 is 27.9. The topological polar surface area (TPSA) is 66.5 Å². The Morgan fingerprint density at radius 3 is 2.26 bits per heavy atom. The van der Waals surface area contributed by atoms with Crippen molar-refractivity contribution in [1.82, 2.24) is 5.32 Å². The summed E-state index contributed by atoms with van der Waals surface area (Å²) in [6.07, 6.45) is 0. The molecule has 3 aromatic rings. The van der Waals surface area contributed by atoms with Gasteiger partial charge in [-0.15, -0.1) is 0 Å². The normalized spacial score (nSPS) is 11.2. The van der Waals surface area contributed by atoms with Crippen molar-refractivity contribution >= 4 is 44.8 Å². The van der Waals surface area contributed by atoms with Crippen LogP contribution in [0.3, 0.4) is 0 Å². The summed E-state index contributed by atoms with van der Waals surface area (Å²) in [5.41, 5.74) is 3.10. The SMILES string of the molecule is Cc1ccc(N(CC(=O)NCc2ccccc2Cl)S(=O)(=O)c2ccc(Cl)cc2)cc1C. The maximum absolute atomic E-state index is 13.4. The lowest BCUT2D eigenvalue weighted by Gasteiger charge is -2.25. The van der Waals surface area contributed by atoms with Gasteiger partial charge in [-0.25, -0.2) is 8.42 Å². The Labute approximate surface area is 192 Å². The number of benzene rings is 3. The van der Waals surface area contributed by atoms with Crippen molar-refractivity contribution in [1.29, 1.82) is 0 Å². The zero-order chi connectivity index (χ0) is 22.6. The molecule has 8 heteroatoms. The fourth-order valence-corrected chi connectivity index (χ4v) is 4.69. The molecule has 0 aliphatic carbocycles. The highest BCUT2D eigenvalue weighted by Crippen LogP contribution is 2.26. The van der Waals surface area contributed by atoms with Crippen LogP contribution < -0.4 is 9.62 Å². The maximum atomic E-state index is 13.4. The number of nitrogens with one attached hydrogen (secondary N) is 1. The van der Waals surface area contributed by atoms with E-state index in [4.69, 9.17) is 23.2 Å². The van der Waals surface area contributed by atoms with Crippen molar-refractivity contribution in [3.8, 4) is 0 Å². The molecule has 3 aromatic carbocycles. The van der Waals surface area contributed by atoms with Gasteiger partial charge in [0.15, 0.2) is 0 Å². The third-order valence-corrected chi connectivity index (χ3v) is 7.31. The Hall–Kier alpha value is -2.54. The molecule has 0 saturated carbocycles. The summed E-state index contributed by atoms with van der Waals surface area (Å²) in [5, 5.41) is 3.70. The zero-order valence-electron chi connectivity index (χ0n) is 17.1. The molecule has 162 valence electrons. The van der Waals surface area contributed by atoms with E-state index >= 15 is 0 Å². The largest absolute Gasteiger partial charge is 0.350 e. The van der Waals surface area contributed by atoms with Crippen LogP contribution >= 0.6 is 23.2 Å². The van der Waals surface area contributed by atoms with Crippen LogP contribution in [-0.2, 0) is 21.4 Å². The summed E-state index contributed by atoms with van der Waals surface area (Å²) in [6, 6.07) is 18.3. The minimum Gasteiger partial charge on any atom is -0.350 e. The van der Waals surface area contributed by atoms with Crippen molar-refractivity contribution in [2.75, 3.05) is 10.8 Å². The third-order valence-electron chi connectivity index (χ3n) is 4.90. The van der Waals surface area contributed by atoms with Gasteiger partial charge >= 0.3 is 0 Å². The van der Waals surface area contributed by atoms with Gasteiger partial charge in [0.25, 0.3) is 10.0 Å².